The second-order valence-corrected chi connectivity index (χ2v) is 9.49. The number of fused-ring (bicyclic) bond motifs is 2. The van der Waals surface area contributed by atoms with Crippen LogP contribution < -0.4 is 0 Å². The smallest absolute Gasteiger partial charge is 0.253 e. The second-order valence-electron chi connectivity index (χ2n) is 8.65. The summed E-state index contributed by atoms with van der Waals surface area (Å²) in [5.74, 6) is 0.0404. The van der Waals surface area contributed by atoms with E-state index in [-0.39, 0.29) is 5.91 Å². The molecule has 6 heteroatoms. The minimum absolute atomic E-state index is 0.0404. The first-order valence-corrected chi connectivity index (χ1v) is 12.9. The molecule has 0 bridgehead atoms. The van der Waals surface area contributed by atoms with Crippen LogP contribution in [0.4, 0.5) is 0 Å². The van der Waals surface area contributed by atoms with Crippen LogP contribution in [-0.2, 0) is 17.6 Å². The number of hydrogen-bond acceptors (Lipinski definition) is 4. The third-order valence-electron chi connectivity index (χ3n) is 6.43. The number of carbonyl (C=O) groups excluding carboxylic acids is 1. The van der Waals surface area contributed by atoms with Crippen molar-refractivity contribution in [1.29, 1.82) is 0 Å². The molecule has 0 saturated heterocycles. The van der Waals surface area contributed by atoms with Gasteiger partial charge in [-0.05, 0) is 41.0 Å². The summed E-state index contributed by atoms with van der Waals surface area (Å²) in [5.41, 5.74) is 5.18. The summed E-state index contributed by atoms with van der Waals surface area (Å²) in [6.07, 6.45) is 3.81. The zero-order valence-corrected chi connectivity index (χ0v) is 20.9. The predicted octanol–water partition coefficient (Wildman–Crippen LogP) is 6.11. The van der Waals surface area contributed by atoms with Gasteiger partial charge < -0.3 is 9.64 Å². The van der Waals surface area contributed by atoms with Gasteiger partial charge in [-0.3, -0.25) is 9.20 Å². The summed E-state index contributed by atoms with van der Waals surface area (Å²) >= 11 is 1.64. The van der Waals surface area contributed by atoms with Gasteiger partial charge in [0, 0.05) is 55.0 Å². The van der Waals surface area contributed by atoms with Crippen molar-refractivity contribution in [2.75, 3.05) is 26.8 Å². The first-order chi connectivity index (χ1) is 17.2. The van der Waals surface area contributed by atoms with Gasteiger partial charge in [0.1, 0.15) is 0 Å². The van der Waals surface area contributed by atoms with Crippen LogP contribution >= 0.6 is 11.3 Å². The molecule has 3 aromatic carbocycles. The molecule has 2 aromatic heterocycles. The summed E-state index contributed by atoms with van der Waals surface area (Å²) in [6, 6.07) is 22.7. The Balaban J connectivity index is 1.35. The van der Waals surface area contributed by atoms with Gasteiger partial charge in [0.25, 0.3) is 5.91 Å². The molecule has 35 heavy (non-hydrogen) atoms. The van der Waals surface area contributed by atoms with E-state index >= 15 is 0 Å². The van der Waals surface area contributed by atoms with E-state index in [0.29, 0.717) is 19.7 Å². The number of imidazole rings is 1. The van der Waals surface area contributed by atoms with Crippen LogP contribution in [0, 0.1) is 0 Å². The van der Waals surface area contributed by atoms with E-state index < -0.39 is 0 Å². The Morgan fingerprint density at radius 1 is 1.03 bits per heavy atom. The Morgan fingerprint density at radius 3 is 2.60 bits per heavy atom. The molecule has 0 atom stereocenters. The number of aryl methyl sites for hydroxylation is 1. The van der Waals surface area contributed by atoms with Gasteiger partial charge in [-0.1, -0.05) is 55.5 Å². The van der Waals surface area contributed by atoms with Crippen LogP contribution in [0.3, 0.4) is 0 Å². The predicted molar refractivity (Wildman–Crippen MR) is 143 cm³/mol. The quantitative estimate of drug-likeness (QED) is 0.254. The summed E-state index contributed by atoms with van der Waals surface area (Å²) in [7, 11) is 1.67. The van der Waals surface area contributed by atoms with Crippen molar-refractivity contribution in [2.24, 2.45) is 0 Å². The Bertz CT molecular complexity index is 1450. The van der Waals surface area contributed by atoms with E-state index in [4.69, 9.17) is 9.72 Å². The number of aromatic nitrogens is 2. The van der Waals surface area contributed by atoms with Gasteiger partial charge in [-0.25, -0.2) is 4.98 Å². The maximum absolute atomic E-state index is 13.2. The van der Waals surface area contributed by atoms with Gasteiger partial charge in [0.15, 0.2) is 4.96 Å². The Labute approximate surface area is 209 Å². The Hall–Kier alpha value is -3.48. The maximum atomic E-state index is 13.2. The summed E-state index contributed by atoms with van der Waals surface area (Å²) in [4.78, 5) is 20.9. The molecular formula is C29H29N3O2S. The molecule has 1 amide bonds. The SMILES string of the molecule is CCc1ccc(C(=O)N(CCOC)CCc2csc3nc(-c4ccc5ccccc5c4)cn23)cc1. The number of thiazole rings is 1. The fourth-order valence-electron chi connectivity index (χ4n) is 4.33. The van der Waals surface area contributed by atoms with Crippen LogP contribution in [0.1, 0.15) is 28.5 Å². The number of methoxy groups -OCH3 is 1. The van der Waals surface area contributed by atoms with Crippen molar-refractivity contribution in [1.82, 2.24) is 14.3 Å². The lowest BCUT2D eigenvalue weighted by Gasteiger charge is -2.22. The zero-order chi connectivity index (χ0) is 24.2. The number of ether oxygens (including phenoxy) is 1. The molecule has 178 valence electrons. The molecule has 2 heterocycles. The molecule has 5 rings (SSSR count). The van der Waals surface area contributed by atoms with Gasteiger partial charge >= 0.3 is 0 Å². The van der Waals surface area contributed by atoms with Crippen LogP contribution in [0.2, 0.25) is 0 Å². The third kappa shape index (κ3) is 4.99. The van der Waals surface area contributed by atoms with E-state index in [1.54, 1.807) is 18.4 Å². The number of rotatable bonds is 9. The average molecular weight is 484 g/mol. The highest BCUT2D eigenvalue weighted by Gasteiger charge is 2.17. The van der Waals surface area contributed by atoms with Crippen molar-refractivity contribution in [3.05, 3.63) is 95.1 Å². The number of hydrogen-bond donors (Lipinski definition) is 0. The Morgan fingerprint density at radius 2 is 1.83 bits per heavy atom. The van der Waals surface area contributed by atoms with Gasteiger partial charge in [0.2, 0.25) is 0 Å². The molecule has 5 nitrogen and oxygen atoms in total. The molecule has 0 aliphatic carbocycles. The molecule has 0 spiro atoms. The molecule has 0 radical (unpaired) electrons. The van der Waals surface area contributed by atoms with E-state index in [0.717, 1.165) is 40.3 Å². The van der Waals surface area contributed by atoms with Crippen molar-refractivity contribution in [3.63, 3.8) is 0 Å². The molecule has 0 unspecified atom stereocenters. The third-order valence-corrected chi connectivity index (χ3v) is 7.32. The lowest BCUT2D eigenvalue weighted by molar-refractivity contribution is 0.0697. The molecule has 5 aromatic rings. The standard InChI is InChI=1S/C29H29N3O2S/c1-3-21-8-10-23(11-9-21)28(33)31(16-17-34-2)15-14-26-20-35-29-30-27(19-32(26)29)25-13-12-22-6-4-5-7-24(22)18-25/h4-13,18-20H,3,14-17H2,1-2H3. The van der Waals surface area contributed by atoms with E-state index in [9.17, 15) is 4.79 Å². The second kappa shape index (κ2) is 10.4. The normalized spacial score (nSPS) is 11.4. The van der Waals surface area contributed by atoms with Crippen molar-refractivity contribution in [2.45, 2.75) is 19.8 Å². The van der Waals surface area contributed by atoms with Gasteiger partial charge in [-0.15, -0.1) is 11.3 Å². The molecule has 0 saturated carbocycles. The fourth-order valence-corrected chi connectivity index (χ4v) is 5.24. The minimum Gasteiger partial charge on any atom is -0.383 e. The summed E-state index contributed by atoms with van der Waals surface area (Å²) < 4.78 is 7.43. The Kier molecular flexibility index (Phi) is 6.93. The minimum atomic E-state index is 0.0404. The maximum Gasteiger partial charge on any atom is 0.253 e. The largest absolute Gasteiger partial charge is 0.383 e. The van der Waals surface area contributed by atoms with E-state index in [1.165, 1.54) is 16.3 Å². The number of amides is 1. The monoisotopic (exact) mass is 483 g/mol. The van der Waals surface area contributed by atoms with Gasteiger partial charge in [0.05, 0.1) is 12.3 Å². The molecular weight excluding hydrogens is 454 g/mol. The summed E-state index contributed by atoms with van der Waals surface area (Å²) in [5, 5.41) is 4.57. The molecule has 0 N–H and O–H groups in total. The highest BCUT2D eigenvalue weighted by molar-refractivity contribution is 7.15. The lowest BCUT2D eigenvalue weighted by atomic mass is 10.1. The lowest BCUT2D eigenvalue weighted by Crippen LogP contribution is -2.35. The molecule has 0 aliphatic heterocycles. The number of carbonyl (C=O) groups is 1. The summed E-state index contributed by atoms with van der Waals surface area (Å²) in [6.45, 7) is 3.80. The van der Waals surface area contributed by atoms with E-state index in [1.807, 2.05) is 29.2 Å². The van der Waals surface area contributed by atoms with Gasteiger partial charge in [-0.2, -0.15) is 0 Å². The van der Waals surface area contributed by atoms with Crippen LogP contribution in [-0.4, -0.2) is 47.0 Å². The number of nitrogens with zero attached hydrogens (tertiary/aromatic N) is 3. The number of benzene rings is 3. The topological polar surface area (TPSA) is 46.8 Å². The zero-order valence-electron chi connectivity index (χ0n) is 20.1. The fraction of sp³-hybridized carbons (Fsp3) is 0.241. The van der Waals surface area contributed by atoms with Crippen molar-refractivity contribution < 1.29 is 9.53 Å². The molecule has 0 aliphatic rings. The van der Waals surface area contributed by atoms with Crippen LogP contribution in [0.5, 0.6) is 0 Å². The van der Waals surface area contributed by atoms with Crippen LogP contribution in [0.15, 0.2) is 78.3 Å². The highest BCUT2D eigenvalue weighted by Crippen LogP contribution is 2.27. The molecule has 0 fully saturated rings. The average Bonchev–Trinajstić information content (AvgIpc) is 3.50. The highest BCUT2D eigenvalue weighted by atomic mass is 32.1. The van der Waals surface area contributed by atoms with Crippen molar-refractivity contribution in [3.8, 4) is 11.3 Å². The first kappa shape index (κ1) is 23.3. The first-order valence-electron chi connectivity index (χ1n) is 12.0. The van der Waals surface area contributed by atoms with Crippen molar-refractivity contribution >= 4 is 33.0 Å². The van der Waals surface area contributed by atoms with E-state index in [2.05, 4.69) is 65.4 Å². The van der Waals surface area contributed by atoms with Crippen LogP contribution in [0.25, 0.3) is 27.0 Å².